The van der Waals surface area contributed by atoms with E-state index in [1.54, 1.807) is 14.0 Å². The van der Waals surface area contributed by atoms with Crippen LogP contribution in [0.25, 0.3) is 5.03 Å². The lowest BCUT2D eigenvalue weighted by molar-refractivity contribution is -0.117. The zero-order chi connectivity index (χ0) is 12.4. The lowest BCUT2D eigenvalue weighted by Gasteiger charge is -2.14. The quantitative estimate of drug-likeness (QED) is 0.819. The first-order chi connectivity index (χ1) is 8.15. The fourth-order valence-electron chi connectivity index (χ4n) is 2.35. The summed E-state index contributed by atoms with van der Waals surface area (Å²) in [7, 11) is 1.64. The van der Waals surface area contributed by atoms with E-state index in [9.17, 15) is 4.79 Å². The minimum absolute atomic E-state index is 0.0798. The molecule has 0 saturated heterocycles. The van der Waals surface area contributed by atoms with Crippen LogP contribution in [-0.4, -0.2) is 19.5 Å². The molecule has 0 spiro atoms. The second-order valence-electron chi connectivity index (χ2n) is 4.32. The molecule has 0 bridgehead atoms. The summed E-state index contributed by atoms with van der Waals surface area (Å²) < 4.78 is 5.19. The highest BCUT2D eigenvalue weighted by atomic mass is 35.5. The minimum atomic E-state index is 0.0798. The minimum Gasteiger partial charge on any atom is -0.380 e. The third-order valence-corrected chi connectivity index (χ3v) is 3.51. The number of ketones is 1. The maximum Gasteiger partial charge on any atom is 0.130 e. The first-order valence-electron chi connectivity index (χ1n) is 5.61. The van der Waals surface area contributed by atoms with E-state index in [0.717, 1.165) is 21.7 Å². The van der Waals surface area contributed by atoms with E-state index in [2.05, 4.69) is 0 Å². The number of ether oxygens (including phenoxy) is 1. The number of halogens is 1. The number of benzene rings is 1. The number of methoxy groups -OCH3 is 1. The van der Waals surface area contributed by atoms with Crippen molar-refractivity contribution in [2.75, 3.05) is 13.7 Å². The Balaban J connectivity index is 2.43. The molecule has 0 saturated carbocycles. The van der Waals surface area contributed by atoms with Crippen LogP contribution in [0, 0.1) is 0 Å². The van der Waals surface area contributed by atoms with Gasteiger partial charge < -0.3 is 4.74 Å². The Morgan fingerprint density at radius 3 is 2.76 bits per heavy atom. The van der Waals surface area contributed by atoms with E-state index >= 15 is 0 Å². The smallest absolute Gasteiger partial charge is 0.130 e. The molecule has 1 atom stereocenters. The van der Waals surface area contributed by atoms with Gasteiger partial charge in [0.1, 0.15) is 5.78 Å². The van der Waals surface area contributed by atoms with Gasteiger partial charge in [0, 0.05) is 19.4 Å². The molecule has 0 radical (unpaired) electrons. The van der Waals surface area contributed by atoms with Crippen LogP contribution in [0.2, 0.25) is 0 Å². The van der Waals surface area contributed by atoms with Crippen molar-refractivity contribution in [3.63, 3.8) is 0 Å². The van der Waals surface area contributed by atoms with E-state index in [1.165, 1.54) is 0 Å². The lowest BCUT2D eigenvalue weighted by Crippen LogP contribution is -2.08. The summed E-state index contributed by atoms with van der Waals surface area (Å²) in [6, 6.07) is 7.97. The molecular formula is C14H15ClO2. The van der Waals surface area contributed by atoms with Crippen molar-refractivity contribution in [1.29, 1.82) is 0 Å². The third-order valence-electron chi connectivity index (χ3n) is 3.07. The predicted octanol–water partition coefficient (Wildman–Crippen LogP) is 3.36. The summed E-state index contributed by atoms with van der Waals surface area (Å²) in [5.74, 6) is 0.251. The van der Waals surface area contributed by atoms with Crippen LogP contribution in [-0.2, 0) is 9.53 Å². The zero-order valence-electron chi connectivity index (χ0n) is 10.00. The van der Waals surface area contributed by atoms with Gasteiger partial charge in [0.05, 0.1) is 11.6 Å². The molecule has 17 heavy (non-hydrogen) atoms. The summed E-state index contributed by atoms with van der Waals surface area (Å²) in [5.41, 5.74) is 3.19. The largest absolute Gasteiger partial charge is 0.380 e. The Morgan fingerprint density at radius 2 is 2.12 bits per heavy atom. The fraction of sp³-hybridized carbons (Fsp3) is 0.357. The molecule has 1 aliphatic rings. The predicted molar refractivity (Wildman–Crippen MR) is 69.1 cm³/mol. The first kappa shape index (κ1) is 12.3. The number of hydrogen-bond acceptors (Lipinski definition) is 2. The van der Waals surface area contributed by atoms with Gasteiger partial charge in [-0.1, -0.05) is 35.9 Å². The molecule has 0 heterocycles. The summed E-state index contributed by atoms with van der Waals surface area (Å²) in [6.07, 6.45) is 0.492. The van der Waals surface area contributed by atoms with Crippen LogP contribution >= 0.6 is 11.6 Å². The van der Waals surface area contributed by atoms with Gasteiger partial charge in [0.2, 0.25) is 0 Å². The number of fused-ring (bicyclic) bond motifs is 1. The van der Waals surface area contributed by atoms with Crippen LogP contribution in [0.1, 0.15) is 30.4 Å². The standard InChI is InChI=1S/C14H15ClO2/c1-9(16)7-12-10-5-3-4-6-11(10)14(15)13(12)8-17-2/h3-6,12H,7-8H2,1-2H3. The molecule has 0 aliphatic heterocycles. The Labute approximate surface area is 106 Å². The summed E-state index contributed by atoms with van der Waals surface area (Å²) in [4.78, 5) is 11.4. The van der Waals surface area contributed by atoms with E-state index in [4.69, 9.17) is 16.3 Å². The number of Topliss-reactive ketones (excluding diaryl/α,β-unsaturated/α-hetero) is 1. The highest BCUT2D eigenvalue weighted by Gasteiger charge is 2.30. The number of rotatable bonds is 4. The van der Waals surface area contributed by atoms with Gasteiger partial charge in [-0.15, -0.1) is 0 Å². The Kier molecular flexibility index (Phi) is 3.65. The number of carbonyl (C=O) groups is 1. The van der Waals surface area contributed by atoms with Gasteiger partial charge >= 0.3 is 0 Å². The fourth-order valence-corrected chi connectivity index (χ4v) is 2.71. The summed E-state index contributed by atoms with van der Waals surface area (Å²) in [5, 5.41) is 0.744. The second-order valence-corrected chi connectivity index (χ2v) is 4.70. The second kappa shape index (κ2) is 5.03. The summed E-state index contributed by atoms with van der Waals surface area (Å²) >= 11 is 6.35. The Hall–Kier alpha value is -1.12. The molecule has 1 aromatic carbocycles. The van der Waals surface area contributed by atoms with Gasteiger partial charge in [0.15, 0.2) is 0 Å². The highest BCUT2D eigenvalue weighted by Crippen LogP contribution is 2.45. The van der Waals surface area contributed by atoms with E-state index in [0.29, 0.717) is 13.0 Å². The van der Waals surface area contributed by atoms with Crippen LogP contribution in [0.5, 0.6) is 0 Å². The topological polar surface area (TPSA) is 26.3 Å². The van der Waals surface area contributed by atoms with Crippen molar-refractivity contribution in [1.82, 2.24) is 0 Å². The molecule has 90 valence electrons. The Bertz CT molecular complexity index is 477. The lowest BCUT2D eigenvalue weighted by atomic mass is 9.91. The molecule has 0 amide bonds. The molecule has 2 nitrogen and oxygen atoms in total. The molecule has 0 N–H and O–H groups in total. The molecular weight excluding hydrogens is 236 g/mol. The molecule has 1 unspecified atom stereocenters. The SMILES string of the molecule is COCC1=C(Cl)c2ccccc2C1CC(C)=O. The molecule has 1 aromatic rings. The van der Waals surface area contributed by atoms with Crippen LogP contribution in [0.3, 0.4) is 0 Å². The zero-order valence-corrected chi connectivity index (χ0v) is 10.8. The maximum atomic E-state index is 11.4. The van der Waals surface area contributed by atoms with Crippen LogP contribution in [0.4, 0.5) is 0 Å². The third kappa shape index (κ3) is 2.28. The molecule has 3 heteroatoms. The van der Waals surface area contributed by atoms with Crippen LogP contribution in [0.15, 0.2) is 29.8 Å². The van der Waals surface area contributed by atoms with E-state index in [-0.39, 0.29) is 11.7 Å². The van der Waals surface area contributed by atoms with Gasteiger partial charge in [0.25, 0.3) is 0 Å². The van der Waals surface area contributed by atoms with Crippen LogP contribution < -0.4 is 0 Å². The summed E-state index contributed by atoms with van der Waals surface area (Å²) in [6.45, 7) is 2.09. The average molecular weight is 251 g/mol. The monoisotopic (exact) mass is 250 g/mol. The first-order valence-corrected chi connectivity index (χ1v) is 5.99. The maximum absolute atomic E-state index is 11.4. The van der Waals surface area contributed by atoms with Gasteiger partial charge in [-0.2, -0.15) is 0 Å². The Morgan fingerprint density at radius 1 is 1.41 bits per heavy atom. The van der Waals surface area contributed by atoms with Crippen molar-refractivity contribution < 1.29 is 9.53 Å². The molecule has 2 rings (SSSR count). The molecule has 0 aromatic heterocycles. The van der Waals surface area contributed by atoms with Crippen molar-refractivity contribution in [3.8, 4) is 0 Å². The normalized spacial score (nSPS) is 18.4. The number of hydrogen-bond donors (Lipinski definition) is 0. The van der Waals surface area contributed by atoms with Crippen molar-refractivity contribution in [2.24, 2.45) is 0 Å². The highest BCUT2D eigenvalue weighted by molar-refractivity contribution is 6.50. The van der Waals surface area contributed by atoms with Gasteiger partial charge in [-0.3, -0.25) is 4.79 Å². The number of carbonyl (C=O) groups excluding carboxylic acids is 1. The molecule has 1 aliphatic carbocycles. The van der Waals surface area contributed by atoms with Gasteiger partial charge in [-0.05, 0) is 23.6 Å². The molecule has 0 fully saturated rings. The van der Waals surface area contributed by atoms with Crippen molar-refractivity contribution in [3.05, 3.63) is 41.0 Å². The van der Waals surface area contributed by atoms with E-state index < -0.39 is 0 Å². The van der Waals surface area contributed by atoms with Crippen molar-refractivity contribution in [2.45, 2.75) is 19.3 Å². The van der Waals surface area contributed by atoms with Gasteiger partial charge in [-0.25, -0.2) is 0 Å². The average Bonchev–Trinajstić information content (AvgIpc) is 2.55. The van der Waals surface area contributed by atoms with Crippen molar-refractivity contribution >= 4 is 22.4 Å². The van der Waals surface area contributed by atoms with E-state index in [1.807, 2.05) is 24.3 Å².